The summed E-state index contributed by atoms with van der Waals surface area (Å²) < 4.78 is 5.59. The maximum atomic E-state index is 12.2. The Bertz CT molecular complexity index is 485. The van der Waals surface area contributed by atoms with E-state index in [0.717, 1.165) is 12.0 Å². The van der Waals surface area contributed by atoms with Crippen LogP contribution in [0.2, 0.25) is 0 Å². The molecule has 0 radical (unpaired) electrons. The van der Waals surface area contributed by atoms with Crippen LogP contribution in [0.4, 0.5) is 0 Å². The Balaban J connectivity index is 2.63. The normalized spacial score (nSPS) is 10.5. The fourth-order valence-electron chi connectivity index (χ4n) is 2.05. The van der Waals surface area contributed by atoms with Crippen molar-refractivity contribution in [2.75, 3.05) is 13.2 Å². The van der Waals surface area contributed by atoms with E-state index in [4.69, 9.17) is 9.84 Å². The molecule has 0 spiro atoms. The minimum atomic E-state index is -0.911. The van der Waals surface area contributed by atoms with Crippen molar-refractivity contribution < 1.29 is 19.4 Å². The summed E-state index contributed by atoms with van der Waals surface area (Å²) in [5.74, 6) is -0.404. The van der Waals surface area contributed by atoms with Crippen LogP contribution in [0, 0.1) is 0 Å². The molecule has 116 valence electrons. The van der Waals surface area contributed by atoms with Gasteiger partial charge >= 0.3 is 5.97 Å². The highest BCUT2D eigenvalue weighted by Gasteiger charge is 2.18. The van der Waals surface area contributed by atoms with Crippen molar-refractivity contribution in [2.45, 2.75) is 39.7 Å². The van der Waals surface area contributed by atoms with Crippen LogP contribution < -0.4 is 4.74 Å². The molecule has 0 aromatic heterocycles. The zero-order valence-corrected chi connectivity index (χ0v) is 12.8. The average molecular weight is 293 g/mol. The molecule has 0 unspecified atom stereocenters. The number of para-hydroxylation sites is 1. The van der Waals surface area contributed by atoms with Crippen LogP contribution in [0.1, 0.15) is 32.8 Å². The van der Waals surface area contributed by atoms with Gasteiger partial charge in [-0.25, -0.2) is 0 Å². The fourth-order valence-corrected chi connectivity index (χ4v) is 2.05. The first-order valence-corrected chi connectivity index (χ1v) is 7.17. The zero-order chi connectivity index (χ0) is 15.8. The van der Waals surface area contributed by atoms with E-state index in [-0.39, 0.29) is 31.5 Å². The van der Waals surface area contributed by atoms with Crippen molar-refractivity contribution in [1.82, 2.24) is 4.90 Å². The molecule has 0 heterocycles. The Kier molecular flexibility index (Phi) is 6.72. The molecule has 0 aliphatic heterocycles. The maximum Gasteiger partial charge on any atom is 0.305 e. The number of benzene rings is 1. The molecular formula is C16H23NO4. The number of hydrogen-bond acceptors (Lipinski definition) is 3. The number of carboxylic acids is 1. The van der Waals surface area contributed by atoms with Gasteiger partial charge in [0.05, 0.1) is 6.42 Å². The lowest BCUT2D eigenvalue weighted by Gasteiger charge is -2.26. The van der Waals surface area contributed by atoms with E-state index in [1.54, 1.807) is 0 Å². The molecule has 5 nitrogen and oxygen atoms in total. The highest BCUT2D eigenvalue weighted by Crippen LogP contribution is 2.18. The highest BCUT2D eigenvalue weighted by atomic mass is 16.5. The molecule has 5 heteroatoms. The van der Waals surface area contributed by atoms with Crippen molar-refractivity contribution in [2.24, 2.45) is 0 Å². The first-order chi connectivity index (χ1) is 9.95. The highest BCUT2D eigenvalue weighted by molar-refractivity contribution is 5.78. The van der Waals surface area contributed by atoms with E-state index in [0.29, 0.717) is 5.75 Å². The van der Waals surface area contributed by atoms with E-state index in [1.807, 2.05) is 45.0 Å². The molecule has 1 rings (SSSR count). The number of aliphatic carboxylic acids is 1. The van der Waals surface area contributed by atoms with Gasteiger partial charge in [-0.1, -0.05) is 25.1 Å². The molecule has 21 heavy (non-hydrogen) atoms. The predicted octanol–water partition coefficient (Wildman–Crippen LogP) is 2.34. The standard InChI is InChI=1S/C16H23NO4/c1-4-13-7-5-6-8-14(13)21-11-15(18)17(12(2)3)10-9-16(19)20/h5-8,12H,4,9-11H2,1-3H3,(H,19,20). The molecule has 1 aromatic carbocycles. The number of carbonyl (C=O) groups is 2. The van der Waals surface area contributed by atoms with Gasteiger partial charge in [-0.15, -0.1) is 0 Å². The quantitative estimate of drug-likeness (QED) is 0.799. The molecule has 0 aliphatic carbocycles. The van der Waals surface area contributed by atoms with Crippen LogP contribution in [-0.4, -0.2) is 41.1 Å². The summed E-state index contributed by atoms with van der Waals surface area (Å²) in [6, 6.07) is 7.54. The SMILES string of the molecule is CCc1ccccc1OCC(=O)N(CCC(=O)O)C(C)C. The van der Waals surface area contributed by atoms with Gasteiger partial charge in [0.15, 0.2) is 6.61 Å². The van der Waals surface area contributed by atoms with Gasteiger partial charge in [-0.2, -0.15) is 0 Å². The summed E-state index contributed by atoms with van der Waals surface area (Å²) >= 11 is 0. The molecule has 0 saturated carbocycles. The lowest BCUT2D eigenvalue weighted by molar-refractivity contribution is -0.139. The van der Waals surface area contributed by atoms with Gasteiger partial charge in [0, 0.05) is 12.6 Å². The lowest BCUT2D eigenvalue weighted by Crippen LogP contribution is -2.41. The smallest absolute Gasteiger partial charge is 0.305 e. The molecule has 0 bridgehead atoms. The van der Waals surface area contributed by atoms with E-state index >= 15 is 0 Å². The van der Waals surface area contributed by atoms with Crippen molar-refractivity contribution in [3.05, 3.63) is 29.8 Å². The zero-order valence-electron chi connectivity index (χ0n) is 12.8. The number of carbonyl (C=O) groups excluding carboxylic acids is 1. The fraction of sp³-hybridized carbons (Fsp3) is 0.500. The first kappa shape index (κ1) is 17.0. The Labute approximate surface area is 125 Å². The third-order valence-corrected chi connectivity index (χ3v) is 3.21. The number of carboxylic acid groups (broad SMARTS) is 1. The number of nitrogens with zero attached hydrogens (tertiary/aromatic N) is 1. The summed E-state index contributed by atoms with van der Waals surface area (Å²) in [5, 5.41) is 8.73. The number of ether oxygens (including phenoxy) is 1. The number of hydrogen-bond donors (Lipinski definition) is 1. The largest absolute Gasteiger partial charge is 0.483 e. The second-order valence-corrected chi connectivity index (χ2v) is 5.07. The van der Waals surface area contributed by atoms with Crippen molar-refractivity contribution in [1.29, 1.82) is 0 Å². The molecule has 1 amide bonds. The van der Waals surface area contributed by atoms with Gasteiger partial charge in [0.2, 0.25) is 0 Å². The Morgan fingerprint density at radius 2 is 1.95 bits per heavy atom. The van der Waals surface area contributed by atoms with E-state index in [2.05, 4.69) is 0 Å². The third kappa shape index (κ3) is 5.45. The monoisotopic (exact) mass is 293 g/mol. The summed E-state index contributed by atoms with van der Waals surface area (Å²) in [4.78, 5) is 24.4. The maximum absolute atomic E-state index is 12.2. The van der Waals surface area contributed by atoms with Gasteiger partial charge < -0.3 is 14.7 Å². The van der Waals surface area contributed by atoms with E-state index in [1.165, 1.54) is 4.90 Å². The van der Waals surface area contributed by atoms with Crippen LogP contribution >= 0.6 is 0 Å². The average Bonchev–Trinajstić information content (AvgIpc) is 2.44. The van der Waals surface area contributed by atoms with Crippen LogP contribution in [0.3, 0.4) is 0 Å². The van der Waals surface area contributed by atoms with Crippen LogP contribution in [0.5, 0.6) is 5.75 Å². The van der Waals surface area contributed by atoms with Crippen molar-refractivity contribution in [3.63, 3.8) is 0 Å². The van der Waals surface area contributed by atoms with E-state index in [9.17, 15) is 9.59 Å². The summed E-state index contributed by atoms with van der Waals surface area (Å²) in [6.07, 6.45) is 0.771. The third-order valence-electron chi connectivity index (χ3n) is 3.21. The van der Waals surface area contributed by atoms with E-state index < -0.39 is 5.97 Å². The van der Waals surface area contributed by atoms with Crippen molar-refractivity contribution >= 4 is 11.9 Å². The Hall–Kier alpha value is -2.04. The minimum Gasteiger partial charge on any atom is -0.483 e. The van der Waals surface area contributed by atoms with Crippen molar-refractivity contribution in [3.8, 4) is 5.75 Å². The van der Waals surface area contributed by atoms with Gasteiger partial charge in [-0.05, 0) is 31.9 Å². The number of amides is 1. The Morgan fingerprint density at radius 1 is 1.29 bits per heavy atom. The summed E-state index contributed by atoms with van der Waals surface area (Å²) in [6.45, 7) is 5.87. The second-order valence-electron chi connectivity index (χ2n) is 5.07. The van der Waals surface area contributed by atoms with Crippen LogP contribution in [0.15, 0.2) is 24.3 Å². The summed E-state index contributed by atoms with van der Waals surface area (Å²) in [7, 11) is 0. The first-order valence-electron chi connectivity index (χ1n) is 7.17. The lowest BCUT2D eigenvalue weighted by atomic mass is 10.1. The minimum absolute atomic E-state index is 0.0538. The number of rotatable bonds is 8. The molecule has 1 N–H and O–H groups in total. The molecule has 0 saturated heterocycles. The summed E-state index contributed by atoms with van der Waals surface area (Å²) in [5.41, 5.74) is 1.05. The predicted molar refractivity (Wildman–Crippen MR) is 80.4 cm³/mol. The second kappa shape index (κ2) is 8.29. The van der Waals surface area contributed by atoms with Gasteiger partial charge in [0.1, 0.15) is 5.75 Å². The topological polar surface area (TPSA) is 66.8 Å². The molecular weight excluding hydrogens is 270 g/mol. The van der Waals surface area contributed by atoms with Crippen LogP contribution in [0.25, 0.3) is 0 Å². The molecule has 0 fully saturated rings. The van der Waals surface area contributed by atoms with Crippen LogP contribution in [-0.2, 0) is 16.0 Å². The van der Waals surface area contributed by atoms with Gasteiger partial charge in [0.25, 0.3) is 5.91 Å². The van der Waals surface area contributed by atoms with Gasteiger partial charge in [-0.3, -0.25) is 9.59 Å². The number of aryl methyl sites for hydroxylation is 1. The Morgan fingerprint density at radius 3 is 2.52 bits per heavy atom. The molecule has 0 atom stereocenters. The molecule has 0 aliphatic rings. The molecule has 1 aromatic rings.